The van der Waals surface area contributed by atoms with E-state index in [0.29, 0.717) is 17.1 Å². The molecule has 0 bridgehead atoms. The highest BCUT2D eigenvalue weighted by molar-refractivity contribution is 7.92. The van der Waals surface area contributed by atoms with Crippen molar-refractivity contribution in [3.05, 3.63) is 58.6 Å². The Morgan fingerprint density at radius 1 is 1.21 bits per heavy atom. The van der Waals surface area contributed by atoms with E-state index < -0.39 is 15.4 Å². The zero-order chi connectivity index (χ0) is 20.5. The van der Waals surface area contributed by atoms with Crippen LogP contribution in [0.5, 0.6) is 0 Å². The van der Waals surface area contributed by atoms with Gasteiger partial charge in [-0.15, -0.1) is 0 Å². The normalized spacial score (nSPS) is 21.2. The second-order valence-corrected chi connectivity index (χ2v) is 9.49. The molecule has 1 aliphatic rings. The predicted octanol–water partition coefficient (Wildman–Crippen LogP) is 4.85. The average molecular weight is 418 g/mol. The standard InChI is InChI=1S/C21H24ClN3O2S/c1-4-12-28(26,27)24-17-9-6-15(7-10-17)20-21(3,14-23)18-13-16(22)8-11-19(18)25(20)5-2/h6-11,13,20,24H,4-5,12H2,1-3H3. The minimum Gasteiger partial charge on any atom is -0.363 e. The summed E-state index contributed by atoms with van der Waals surface area (Å²) < 4.78 is 26.6. The Hall–Kier alpha value is -2.23. The molecule has 7 heteroatoms. The number of halogens is 1. The van der Waals surface area contributed by atoms with Crippen LogP contribution >= 0.6 is 11.6 Å². The van der Waals surface area contributed by atoms with Crippen molar-refractivity contribution < 1.29 is 8.42 Å². The third-order valence-corrected chi connectivity index (χ3v) is 6.96. The molecule has 28 heavy (non-hydrogen) atoms. The first kappa shape index (κ1) is 20.5. The van der Waals surface area contributed by atoms with Gasteiger partial charge >= 0.3 is 0 Å². The van der Waals surface area contributed by atoms with Gasteiger partial charge in [0.05, 0.1) is 17.9 Å². The molecule has 1 heterocycles. The van der Waals surface area contributed by atoms with E-state index in [1.165, 1.54) is 0 Å². The number of nitrogens with one attached hydrogen (secondary N) is 1. The first-order valence-electron chi connectivity index (χ1n) is 9.34. The van der Waals surface area contributed by atoms with Crippen LogP contribution in [0.2, 0.25) is 5.02 Å². The molecule has 0 aliphatic carbocycles. The molecule has 0 saturated carbocycles. The lowest BCUT2D eigenvalue weighted by atomic mass is 9.77. The maximum atomic E-state index is 12.0. The van der Waals surface area contributed by atoms with Crippen LogP contribution in [0.4, 0.5) is 11.4 Å². The van der Waals surface area contributed by atoms with Crippen molar-refractivity contribution in [1.29, 1.82) is 5.26 Å². The Balaban J connectivity index is 2.00. The third kappa shape index (κ3) is 3.57. The number of hydrogen-bond donors (Lipinski definition) is 1. The molecular formula is C21H24ClN3O2S. The number of nitriles is 1. The van der Waals surface area contributed by atoms with Crippen LogP contribution in [0, 0.1) is 11.3 Å². The molecule has 5 nitrogen and oxygen atoms in total. The lowest BCUT2D eigenvalue weighted by Gasteiger charge is -2.32. The molecule has 2 atom stereocenters. The van der Waals surface area contributed by atoms with Crippen molar-refractivity contribution in [2.24, 2.45) is 0 Å². The van der Waals surface area contributed by atoms with Crippen molar-refractivity contribution in [1.82, 2.24) is 0 Å². The number of likely N-dealkylation sites (N-methyl/N-ethyl adjacent to an activating group) is 1. The molecule has 1 N–H and O–H groups in total. The van der Waals surface area contributed by atoms with E-state index in [1.54, 1.807) is 12.1 Å². The third-order valence-electron chi connectivity index (χ3n) is 5.23. The summed E-state index contributed by atoms with van der Waals surface area (Å²) in [6, 6.07) is 15.3. The average Bonchev–Trinajstić information content (AvgIpc) is 2.90. The number of rotatable bonds is 6. The molecule has 2 aromatic rings. The Morgan fingerprint density at radius 3 is 2.46 bits per heavy atom. The van der Waals surface area contributed by atoms with Gasteiger partial charge < -0.3 is 4.90 Å². The van der Waals surface area contributed by atoms with Crippen LogP contribution in [0.25, 0.3) is 0 Å². The number of hydrogen-bond acceptors (Lipinski definition) is 4. The fraction of sp³-hybridized carbons (Fsp3) is 0.381. The molecule has 2 aromatic carbocycles. The van der Waals surface area contributed by atoms with Crippen molar-refractivity contribution in [2.45, 2.75) is 38.6 Å². The van der Waals surface area contributed by atoms with Gasteiger partial charge in [-0.2, -0.15) is 5.26 Å². The van der Waals surface area contributed by atoms with Gasteiger partial charge in [-0.05, 0) is 61.7 Å². The van der Waals surface area contributed by atoms with Gasteiger partial charge in [0.15, 0.2) is 0 Å². The Labute approximate surface area is 172 Å². The van der Waals surface area contributed by atoms with Gasteiger partial charge in [0.2, 0.25) is 10.0 Å². The highest BCUT2D eigenvalue weighted by atomic mass is 35.5. The summed E-state index contributed by atoms with van der Waals surface area (Å²) in [5.74, 6) is 0.0869. The van der Waals surface area contributed by atoms with Crippen LogP contribution in [-0.4, -0.2) is 20.7 Å². The molecule has 0 saturated heterocycles. The van der Waals surface area contributed by atoms with E-state index in [1.807, 2.05) is 44.2 Å². The smallest absolute Gasteiger partial charge is 0.232 e. The quantitative estimate of drug-likeness (QED) is 0.728. The molecule has 0 radical (unpaired) electrons. The van der Waals surface area contributed by atoms with E-state index in [2.05, 4.69) is 22.6 Å². The first-order valence-corrected chi connectivity index (χ1v) is 11.4. The van der Waals surface area contributed by atoms with E-state index >= 15 is 0 Å². The molecule has 0 amide bonds. The zero-order valence-corrected chi connectivity index (χ0v) is 17.8. The maximum absolute atomic E-state index is 12.0. The van der Waals surface area contributed by atoms with Crippen molar-refractivity contribution in [2.75, 3.05) is 21.9 Å². The van der Waals surface area contributed by atoms with Gasteiger partial charge in [-0.1, -0.05) is 30.7 Å². The molecule has 0 aromatic heterocycles. The van der Waals surface area contributed by atoms with Crippen LogP contribution in [0.3, 0.4) is 0 Å². The summed E-state index contributed by atoms with van der Waals surface area (Å²) in [7, 11) is -3.34. The SMILES string of the molecule is CCCS(=O)(=O)Nc1ccc(C2N(CC)c3ccc(Cl)cc3C2(C)C#N)cc1. The highest BCUT2D eigenvalue weighted by Gasteiger charge is 2.48. The van der Waals surface area contributed by atoms with E-state index in [-0.39, 0.29) is 11.8 Å². The number of benzene rings is 2. The van der Waals surface area contributed by atoms with Gasteiger partial charge in [-0.25, -0.2) is 8.42 Å². The van der Waals surface area contributed by atoms with Crippen LogP contribution < -0.4 is 9.62 Å². The van der Waals surface area contributed by atoms with Crippen molar-refractivity contribution in [3.63, 3.8) is 0 Å². The zero-order valence-electron chi connectivity index (χ0n) is 16.2. The predicted molar refractivity (Wildman–Crippen MR) is 114 cm³/mol. The lowest BCUT2D eigenvalue weighted by Crippen LogP contribution is -2.34. The summed E-state index contributed by atoms with van der Waals surface area (Å²) in [5, 5.41) is 10.7. The van der Waals surface area contributed by atoms with Gasteiger partial charge in [0.1, 0.15) is 5.41 Å². The molecule has 148 valence electrons. The second-order valence-electron chi connectivity index (χ2n) is 7.21. The van der Waals surface area contributed by atoms with Crippen LogP contribution in [-0.2, 0) is 15.4 Å². The lowest BCUT2D eigenvalue weighted by molar-refractivity contribution is 0.491. The molecular weight excluding hydrogens is 394 g/mol. The van der Waals surface area contributed by atoms with E-state index in [9.17, 15) is 13.7 Å². The topological polar surface area (TPSA) is 73.2 Å². The first-order chi connectivity index (χ1) is 13.3. The van der Waals surface area contributed by atoms with E-state index in [4.69, 9.17) is 11.6 Å². The summed E-state index contributed by atoms with van der Waals surface area (Å²) >= 11 is 6.21. The minimum absolute atomic E-state index is 0.0869. The number of fused-ring (bicyclic) bond motifs is 1. The Morgan fingerprint density at radius 2 is 1.89 bits per heavy atom. The Kier molecular flexibility index (Phi) is 5.60. The minimum atomic E-state index is -3.34. The number of anilines is 2. The van der Waals surface area contributed by atoms with Crippen LogP contribution in [0.1, 0.15) is 44.4 Å². The summed E-state index contributed by atoms with van der Waals surface area (Å²) in [6.45, 7) is 6.55. The van der Waals surface area contributed by atoms with Crippen LogP contribution in [0.15, 0.2) is 42.5 Å². The van der Waals surface area contributed by atoms with Gasteiger partial charge in [0.25, 0.3) is 0 Å². The summed E-state index contributed by atoms with van der Waals surface area (Å²) in [4.78, 5) is 2.20. The molecule has 1 aliphatic heterocycles. The summed E-state index contributed by atoms with van der Waals surface area (Å²) in [5.41, 5.74) is 2.64. The van der Waals surface area contributed by atoms with Crippen molar-refractivity contribution >= 4 is 33.0 Å². The highest BCUT2D eigenvalue weighted by Crippen LogP contribution is 2.53. The second kappa shape index (κ2) is 7.65. The fourth-order valence-electron chi connectivity index (χ4n) is 3.99. The van der Waals surface area contributed by atoms with Gasteiger partial charge in [0, 0.05) is 22.9 Å². The molecule has 0 spiro atoms. The van der Waals surface area contributed by atoms with Crippen molar-refractivity contribution in [3.8, 4) is 6.07 Å². The van der Waals surface area contributed by atoms with E-state index in [0.717, 1.165) is 23.4 Å². The number of nitrogens with zero attached hydrogens (tertiary/aromatic N) is 2. The van der Waals surface area contributed by atoms with Gasteiger partial charge in [-0.3, -0.25) is 4.72 Å². The molecule has 3 rings (SSSR count). The molecule has 2 unspecified atom stereocenters. The summed E-state index contributed by atoms with van der Waals surface area (Å²) in [6.07, 6.45) is 0.558. The Bertz CT molecular complexity index is 1010. The number of sulfonamides is 1. The molecule has 0 fully saturated rings. The monoisotopic (exact) mass is 417 g/mol. The largest absolute Gasteiger partial charge is 0.363 e. The maximum Gasteiger partial charge on any atom is 0.232 e. The fourth-order valence-corrected chi connectivity index (χ4v) is 5.30.